The van der Waals surface area contributed by atoms with Crippen LogP contribution in [-0.4, -0.2) is 9.91 Å². The van der Waals surface area contributed by atoms with Crippen molar-refractivity contribution in [3.05, 3.63) is 32.4 Å². The van der Waals surface area contributed by atoms with Crippen LogP contribution < -0.4 is 0 Å². The summed E-state index contributed by atoms with van der Waals surface area (Å²) < 4.78 is 12.7. The van der Waals surface area contributed by atoms with Crippen LogP contribution in [0.1, 0.15) is 5.56 Å². The number of hydrogen-bond donors (Lipinski definition) is 0. The van der Waals surface area contributed by atoms with E-state index in [1.807, 2.05) is 0 Å². The first kappa shape index (κ1) is 9.05. The molecule has 12 heavy (non-hydrogen) atoms. The van der Waals surface area contributed by atoms with E-state index in [0.717, 1.165) is 0 Å². The Hall–Kier alpha value is -1.04. The predicted octanol–water partition coefficient (Wildman–Crippen LogP) is 2.22. The second-order valence-corrected chi connectivity index (χ2v) is 2.94. The van der Waals surface area contributed by atoms with Crippen LogP contribution in [0.2, 0.25) is 0 Å². The summed E-state index contributed by atoms with van der Waals surface area (Å²) in [6, 6.07) is 1.34. The summed E-state index contributed by atoms with van der Waals surface area (Å²) in [7, 11) is 0. The molecule has 0 N–H and O–H groups in total. The quantitative estimate of drug-likeness (QED) is 0.583. The van der Waals surface area contributed by atoms with E-state index in [-0.39, 0.29) is 5.56 Å². The molecule has 0 aliphatic heterocycles. The number of halogens is 2. The van der Waals surface area contributed by atoms with Crippen LogP contribution >= 0.6 is 15.9 Å². The van der Waals surface area contributed by atoms with Crippen molar-refractivity contribution >= 4 is 21.7 Å². The standard InChI is InChI=1S/C6H4BrFN2O2/c7-5-1-4(2-8)6(9-3-5)10(11)12/h1,3H,2H2. The molecule has 0 aliphatic rings. The third-order valence-electron chi connectivity index (χ3n) is 1.23. The molecule has 1 aromatic rings. The fourth-order valence-corrected chi connectivity index (χ4v) is 1.12. The van der Waals surface area contributed by atoms with Gasteiger partial charge in [-0.1, -0.05) is 0 Å². The van der Waals surface area contributed by atoms with E-state index in [0.29, 0.717) is 4.47 Å². The van der Waals surface area contributed by atoms with Crippen LogP contribution in [0.25, 0.3) is 0 Å². The van der Waals surface area contributed by atoms with Crippen LogP contribution in [0.5, 0.6) is 0 Å². The van der Waals surface area contributed by atoms with Gasteiger partial charge in [0.15, 0.2) is 6.20 Å². The zero-order valence-corrected chi connectivity index (χ0v) is 7.41. The Kier molecular flexibility index (Phi) is 2.69. The van der Waals surface area contributed by atoms with E-state index in [1.165, 1.54) is 12.3 Å². The number of nitro groups is 1. The topological polar surface area (TPSA) is 56.0 Å². The minimum atomic E-state index is -0.886. The molecular formula is C6H4BrFN2O2. The van der Waals surface area contributed by atoms with E-state index < -0.39 is 17.4 Å². The molecule has 0 fully saturated rings. The molecule has 0 bridgehead atoms. The number of pyridine rings is 1. The third-order valence-corrected chi connectivity index (χ3v) is 1.66. The van der Waals surface area contributed by atoms with Crippen molar-refractivity contribution < 1.29 is 9.31 Å². The number of hydrogen-bond acceptors (Lipinski definition) is 3. The molecule has 0 aromatic carbocycles. The van der Waals surface area contributed by atoms with E-state index in [1.54, 1.807) is 0 Å². The minimum absolute atomic E-state index is 0.0191. The molecule has 4 nitrogen and oxygen atoms in total. The molecule has 1 aromatic heterocycles. The third kappa shape index (κ3) is 1.76. The Morgan fingerprint density at radius 3 is 2.92 bits per heavy atom. The molecule has 1 rings (SSSR count). The van der Waals surface area contributed by atoms with Gasteiger partial charge >= 0.3 is 5.82 Å². The van der Waals surface area contributed by atoms with Crippen molar-refractivity contribution in [2.24, 2.45) is 0 Å². The number of alkyl halides is 1. The first-order chi connectivity index (χ1) is 5.65. The maximum absolute atomic E-state index is 12.2. The highest BCUT2D eigenvalue weighted by Gasteiger charge is 2.14. The summed E-state index contributed by atoms with van der Waals surface area (Å²) in [5.41, 5.74) is -0.0191. The maximum atomic E-state index is 12.2. The van der Waals surface area contributed by atoms with Crippen molar-refractivity contribution in [2.45, 2.75) is 6.67 Å². The summed E-state index contributed by atoms with van der Waals surface area (Å²) in [6.45, 7) is -0.886. The zero-order valence-electron chi connectivity index (χ0n) is 5.83. The molecule has 0 unspecified atom stereocenters. The summed E-state index contributed by atoms with van der Waals surface area (Å²) >= 11 is 3.03. The van der Waals surface area contributed by atoms with E-state index >= 15 is 0 Å². The Balaban J connectivity index is 3.20. The highest BCUT2D eigenvalue weighted by atomic mass is 79.9. The van der Waals surface area contributed by atoms with Gasteiger partial charge in [0.05, 0.1) is 10.0 Å². The highest BCUT2D eigenvalue weighted by molar-refractivity contribution is 9.10. The normalized spacial score (nSPS) is 9.83. The van der Waals surface area contributed by atoms with E-state index in [2.05, 4.69) is 20.9 Å². The van der Waals surface area contributed by atoms with Gasteiger partial charge in [0, 0.05) is 0 Å². The summed E-state index contributed by atoms with van der Waals surface area (Å²) in [5.74, 6) is -0.430. The van der Waals surface area contributed by atoms with Crippen LogP contribution in [0.4, 0.5) is 10.2 Å². The van der Waals surface area contributed by atoms with Crippen molar-refractivity contribution in [3.8, 4) is 0 Å². The number of nitrogens with zero attached hydrogens (tertiary/aromatic N) is 2. The highest BCUT2D eigenvalue weighted by Crippen LogP contribution is 2.20. The Morgan fingerprint density at radius 1 is 1.75 bits per heavy atom. The fourth-order valence-electron chi connectivity index (χ4n) is 0.737. The predicted molar refractivity (Wildman–Crippen MR) is 43.4 cm³/mol. The average Bonchev–Trinajstić information content (AvgIpc) is 2.03. The SMILES string of the molecule is O=[N+]([O-])c1ncc(Br)cc1CF. The molecule has 0 saturated carbocycles. The lowest BCUT2D eigenvalue weighted by Gasteiger charge is -1.96. The lowest BCUT2D eigenvalue weighted by molar-refractivity contribution is -0.390. The molecule has 0 amide bonds. The Labute approximate surface area is 75.7 Å². The monoisotopic (exact) mass is 234 g/mol. The molecule has 6 heteroatoms. The van der Waals surface area contributed by atoms with Gasteiger partial charge in [-0.05, 0) is 31.9 Å². The molecule has 0 aliphatic carbocycles. The van der Waals surface area contributed by atoms with Gasteiger partial charge in [-0.3, -0.25) is 0 Å². The lowest BCUT2D eigenvalue weighted by atomic mass is 10.3. The lowest BCUT2D eigenvalue weighted by Crippen LogP contribution is -1.96. The largest absolute Gasteiger partial charge is 0.369 e. The minimum Gasteiger partial charge on any atom is -0.358 e. The average molecular weight is 235 g/mol. The zero-order chi connectivity index (χ0) is 9.14. The Bertz CT molecular complexity index is 318. The summed E-state index contributed by atoms with van der Waals surface area (Å²) in [4.78, 5) is 13.0. The van der Waals surface area contributed by atoms with Crippen LogP contribution in [0.15, 0.2) is 16.7 Å². The van der Waals surface area contributed by atoms with Crippen molar-refractivity contribution in [2.75, 3.05) is 0 Å². The van der Waals surface area contributed by atoms with Crippen molar-refractivity contribution in [1.82, 2.24) is 4.98 Å². The second kappa shape index (κ2) is 3.57. The molecule has 0 atom stereocenters. The molecule has 0 spiro atoms. The summed E-state index contributed by atoms with van der Waals surface area (Å²) in [5, 5.41) is 10.3. The first-order valence-electron chi connectivity index (χ1n) is 3.00. The Morgan fingerprint density at radius 2 is 2.42 bits per heavy atom. The van der Waals surface area contributed by atoms with Gasteiger partial charge in [0.2, 0.25) is 0 Å². The number of rotatable bonds is 2. The van der Waals surface area contributed by atoms with Gasteiger partial charge in [0.1, 0.15) is 6.67 Å². The second-order valence-electron chi connectivity index (χ2n) is 2.03. The molecular weight excluding hydrogens is 231 g/mol. The maximum Gasteiger partial charge on any atom is 0.369 e. The number of aromatic nitrogens is 1. The molecule has 0 radical (unpaired) electrons. The smallest absolute Gasteiger partial charge is 0.358 e. The van der Waals surface area contributed by atoms with E-state index in [9.17, 15) is 14.5 Å². The van der Waals surface area contributed by atoms with Gasteiger partial charge in [-0.25, -0.2) is 4.39 Å². The van der Waals surface area contributed by atoms with Crippen LogP contribution in [0, 0.1) is 10.1 Å². The molecule has 64 valence electrons. The van der Waals surface area contributed by atoms with Gasteiger partial charge < -0.3 is 10.1 Å². The van der Waals surface area contributed by atoms with Gasteiger partial charge in [0.25, 0.3) is 0 Å². The molecule has 1 heterocycles. The fraction of sp³-hybridized carbons (Fsp3) is 0.167. The van der Waals surface area contributed by atoms with Crippen molar-refractivity contribution in [3.63, 3.8) is 0 Å². The van der Waals surface area contributed by atoms with Gasteiger partial charge in [-0.15, -0.1) is 0 Å². The molecule has 0 saturated heterocycles. The summed E-state index contributed by atoms with van der Waals surface area (Å²) in [6.07, 6.45) is 1.26. The van der Waals surface area contributed by atoms with E-state index in [4.69, 9.17) is 0 Å². The van der Waals surface area contributed by atoms with Gasteiger partial charge in [-0.2, -0.15) is 0 Å². The van der Waals surface area contributed by atoms with Crippen LogP contribution in [-0.2, 0) is 6.67 Å². The van der Waals surface area contributed by atoms with Crippen molar-refractivity contribution in [1.29, 1.82) is 0 Å². The first-order valence-corrected chi connectivity index (χ1v) is 3.79. The van der Waals surface area contributed by atoms with Crippen LogP contribution in [0.3, 0.4) is 0 Å².